The Bertz CT molecular complexity index is 630. The molecule has 1 aliphatic heterocycles. The van der Waals surface area contributed by atoms with Crippen molar-refractivity contribution in [3.63, 3.8) is 0 Å². The zero-order valence-corrected chi connectivity index (χ0v) is 13.1. The molecule has 0 bridgehead atoms. The summed E-state index contributed by atoms with van der Waals surface area (Å²) in [5, 5.41) is 9.04. The van der Waals surface area contributed by atoms with Crippen molar-refractivity contribution in [2.45, 2.75) is 31.6 Å². The highest BCUT2D eigenvalue weighted by Crippen LogP contribution is 2.22. The number of sulfonamides is 1. The first-order chi connectivity index (χ1) is 9.83. The average molecular weight is 315 g/mol. The van der Waals surface area contributed by atoms with E-state index in [1.54, 1.807) is 6.92 Å². The van der Waals surface area contributed by atoms with Crippen LogP contribution in [0.5, 0.6) is 0 Å². The van der Waals surface area contributed by atoms with Gasteiger partial charge in [-0.25, -0.2) is 17.9 Å². The Morgan fingerprint density at radius 3 is 2.48 bits per heavy atom. The number of H-pyrrole nitrogens is 1. The largest absolute Gasteiger partial charge is 0.477 e. The standard InChI is InChI=1S/C13H21N3O4S/c1-9-11(13(17)18)15-10(2)12(9)21(19,20)14-5-8-16-6-3-4-7-16/h14-15H,3-8H2,1-2H3,(H,17,18). The fourth-order valence-electron chi connectivity index (χ4n) is 2.77. The SMILES string of the molecule is Cc1[nH]c(C(=O)O)c(C)c1S(=O)(=O)NCCN1CCCC1. The number of rotatable bonds is 6. The second-order valence-electron chi connectivity index (χ2n) is 5.33. The van der Waals surface area contributed by atoms with Crippen LogP contribution in [0.15, 0.2) is 4.90 Å². The van der Waals surface area contributed by atoms with Gasteiger partial charge in [-0.05, 0) is 39.8 Å². The maximum absolute atomic E-state index is 12.3. The first-order valence-corrected chi connectivity index (χ1v) is 8.45. The summed E-state index contributed by atoms with van der Waals surface area (Å²) < 4.78 is 27.2. The van der Waals surface area contributed by atoms with Crippen molar-refractivity contribution >= 4 is 16.0 Å². The van der Waals surface area contributed by atoms with E-state index in [0.29, 0.717) is 18.8 Å². The monoisotopic (exact) mass is 315 g/mol. The molecule has 1 aromatic heterocycles. The van der Waals surface area contributed by atoms with Crippen molar-refractivity contribution in [3.05, 3.63) is 17.0 Å². The molecule has 0 unspecified atom stereocenters. The Hall–Kier alpha value is -1.38. The minimum Gasteiger partial charge on any atom is -0.477 e. The molecular weight excluding hydrogens is 294 g/mol. The van der Waals surface area contributed by atoms with Gasteiger partial charge in [0.2, 0.25) is 10.0 Å². The highest BCUT2D eigenvalue weighted by atomic mass is 32.2. The van der Waals surface area contributed by atoms with Crippen molar-refractivity contribution in [1.29, 1.82) is 0 Å². The number of aromatic carboxylic acids is 1. The normalized spacial score (nSPS) is 16.5. The van der Waals surface area contributed by atoms with Crippen molar-refractivity contribution in [2.24, 2.45) is 0 Å². The molecule has 0 aliphatic carbocycles. The van der Waals surface area contributed by atoms with Gasteiger partial charge in [0.15, 0.2) is 0 Å². The number of hydrogen-bond donors (Lipinski definition) is 3. The van der Waals surface area contributed by atoms with E-state index in [4.69, 9.17) is 5.11 Å². The van der Waals surface area contributed by atoms with Gasteiger partial charge in [-0.3, -0.25) is 0 Å². The Balaban J connectivity index is 2.10. The molecule has 118 valence electrons. The van der Waals surface area contributed by atoms with Crippen molar-refractivity contribution in [1.82, 2.24) is 14.6 Å². The minimum absolute atomic E-state index is 0.0429. The minimum atomic E-state index is -3.70. The third kappa shape index (κ3) is 3.45. The third-order valence-electron chi connectivity index (χ3n) is 3.77. The van der Waals surface area contributed by atoms with Crippen LogP contribution in [0.1, 0.15) is 34.6 Å². The summed E-state index contributed by atoms with van der Waals surface area (Å²) in [5.41, 5.74) is 0.514. The molecule has 3 N–H and O–H groups in total. The molecule has 0 amide bonds. The lowest BCUT2D eigenvalue weighted by molar-refractivity contribution is 0.0690. The molecule has 1 fully saturated rings. The van der Waals surface area contributed by atoms with Crippen molar-refractivity contribution < 1.29 is 18.3 Å². The van der Waals surface area contributed by atoms with Gasteiger partial charge < -0.3 is 15.0 Å². The summed E-state index contributed by atoms with van der Waals surface area (Å²) in [6, 6.07) is 0. The summed E-state index contributed by atoms with van der Waals surface area (Å²) in [6.45, 7) is 6.08. The van der Waals surface area contributed by atoms with Gasteiger partial charge in [-0.1, -0.05) is 0 Å². The number of nitrogens with one attached hydrogen (secondary N) is 2. The third-order valence-corrected chi connectivity index (χ3v) is 5.50. The van der Waals surface area contributed by atoms with Gasteiger partial charge in [-0.2, -0.15) is 0 Å². The molecule has 0 atom stereocenters. The molecule has 0 aromatic carbocycles. The number of carboxylic acids is 1. The number of nitrogens with zero attached hydrogens (tertiary/aromatic N) is 1. The summed E-state index contributed by atoms with van der Waals surface area (Å²) in [4.78, 5) is 15.9. The lowest BCUT2D eigenvalue weighted by atomic mass is 10.2. The molecule has 8 heteroatoms. The molecule has 1 saturated heterocycles. The van der Waals surface area contributed by atoms with E-state index in [1.165, 1.54) is 6.92 Å². The summed E-state index contributed by atoms with van der Waals surface area (Å²) in [6.07, 6.45) is 2.31. The van der Waals surface area contributed by atoms with Gasteiger partial charge in [0, 0.05) is 24.3 Å². The Morgan fingerprint density at radius 2 is 1.95 bits per heavy atom. The molecule has 2 rings (SSSR count). The predicted octanol–water partition coefficient (Wildman–Crippen LogP) is 0.704. The van der Waals surface area contributed by atoms with Crippen LogP contribution in [0.25, 0.3) is 0 Å². The number of hydrogen-bond acceptors (Lipinski definition) is 4. The fraction of sp³-hybridized carbons (Fsp3) is 0.615. The van der Waals surface area contributed by atoms with Crippen LogP contribution in [0, 0.1) is 13.8 Å². The van der Waals surface area contributed by atoms with Crippen LogP contribution >= 0.6 is 0 Å². The first-order valence-electron chi connectivity index (χ1n) is 6.97. The number of aromatic nitrogens is 1. The van der Waals surface area contributed by atoms with Gasteiger partial charge in [0.25, 0.3) is 0 Å². The average Bonchev–Trinajstić information content (AvgIpc) is 2.97. The van der Waals surface area contributed by atoms with E-state index >= 15 is 0 Å². The van der Waals surface area contributed by atoms with Gasteiger partial charge in [0.05, 0.1) is 0 Å². The van der Waals surface area contributed by atoms with Gasteiger partial charge in [-0.15, -0.1) is 0 Å². The first kappa shape index (κ1) is 16.0. The molecular formula is C13H21N3O4S. The van der Waals surface area contributed by atoms with E-state index in [9.17, 15) is 13.2 Å². The molecule has 1 aromatic rings. The quantitative estimate of drug-likeness (QED) is 0.717. The second-order valence-corrected chi connectivity index (χ2v) is 7.03. The second kappa shape index (κ2) is 6.17. The number of aryl methyl sites for hydroxylation is 1. The highest BCUT2D eigenvalue weighted by molar-refractivity contribution is 7.89. The molecule has 0 saturated carbocycles. The van der Waals surface area contributed by atoms with Crippen LogP contribution in [-0.4, -0.2) is 55.6 Å². The molecule has 7 nitrogen and oxygen atoms in total. The molecule has 2 heterocycles. The van der Waals surface area contributed by atoms with E-state index < -0.39 is 16.0 Å². The smallest absolute Gasteiger partial charge is 0.352 e. The Kier molecular flexibility index (Phi) is 4.70. The Morgan fingerprint density at radius 1 is 1.33 bits per heavy atom. The van der Waals surface area contributed by atoms with E-state index in [2.05, 4.69) is 14.6 Å². The van der Waals surface area contributed by atoms with E-state index in [-0.39, 0.29) is 16.2 Å². The van der Waals surface area contributed by atoms with Gasteiger partial charge >= 0.3 is 5.97 Å². The van der Waals surface area contributed by atoms with Crippen LogP contribution < -0.4 is 4.72 Å². The lowest BCUT2D eigenvalue weighted by Gasteiger charge is -2.15. The number of aromatic amines is 1. The lowest BCUT2D eigenvalue weighted by Crippen LogP contribution is -2.33. The van der Waals surface area contributed by atoms with Crippen LogP contribution in [0.2, 0.25) is 0 Å². The molecule has 1 aliphatic rings. The highest BCUT2D eigenvalue weighted by Gasteiger charge is 2.26. The zero-order chi connectivity index (χ0) is 15.6. The summed E-state index contributed by atoms with van der Waals surface area (Å²) in [7, 11) is -3.70. The summed E-state index contributed by atoms with van der Waals surface area (Å²) in [5.74, 6) is -1.16. The van der Waals surface area contributed by atoms with Crippen LogP contribution in [-0.2, 0) is 10.0 Å². The number of likely N-dealkylation sites (tertiary alicyclic amines) is 1. The van der Waals surface area contributed by atoms with Crippen LogP contribution in [0.3, 0.4) is 0 Å². The number of carbonyl (C=O) groups is 1. The molecule has 0 radical (unpaired) electrons. The van der Waals surface area contributed by atoms with Crippen LogP contribution in [0.4, 0.5) is 0 Å². The van der Waals surface area contributed by atoms with E-state index in [1.807, 2.05) is 0 Å². The van der Waals surface area contributed by atoms with Crippen molar-refractivity contribution in [3.8, 4) is 0 Å². The number of carboxylic acid groups (broad SMARTS) is 1. The molecule has 21 heavy (non-hydrogen) atoms. The van der Waals surface area contributed by atoms with Gasteiger partial charge in [0.1, 0.15) is 10.6 Å². The van der Waals surface area contributed by atoms with Crippen molar-refractivity contribution in [2.75, 3.05) is 26.2 Å². The maximum Gasteiger partial charge on any atom is 0.352 e. The maximum atomic E-state index is 12.3. The fourth-order valence-corrected chi connectivity index (χ4v) is 4.23. The Labute approximate surface area is 124 Å². The zero-order valence-electron chi connectivity index (χ0n) is 12.3. The van der Waals surface area contributed by atoms with E-state index in [0.717, 1.165) is 25.9 Å². The summed E-state index contributed by atoms with van der Waals surface area (Å²) >= 11 is 0. The topological polar surface area (TPSA) is 102 Å². The predicted molar refractivity (Wildman–Crippen MR) is 78.1 cm³/mol. The molecule has 0 spiro atoms.